The van der Waals surface area contributed by atoms with E-state index < -0.39 is 5.76 Å². The Balaban J connectivity index is 1.33. The number of H-pyrrole nitrogens is 1. The lowest BCUT2D eigenvalue weighted by Crippen LogP contribution is -2.34. The molecule has 7 rings (SSSR count). The third kappa shape index (κ3) is 3.14. The van der Waals surface area contributed by atoms with E-state index >= 15 is 0 Å². The second-order valence-electron chi connectivity index (χ2n) is 9.80. The smallest absolute Gasteiger partial charge is 0.417 e. The highest BCUT2D eigenvalue weighted by Crippen LogP contribution is 2.46. The molecule has 0 saturated heterocycles. The zero-order valence-corrected chi connectivity index (χ0v) is 18.8. The van der Waals surface area contributed by atoms with Crippen LogP contribution in [0.5, 0.6) is 5.75 Å². The zero-order valence-electron chi connectivity index (χ0n) is 18.8. The van der Waals surface area contributed by atoms with Gasteiger partial charge in [0, 0.05) is 23.3 Å². The van der Waals surface area contributed by atoms with E-state index in [0.29, 0.717) is 23.6 Å². The van der Waals surface area contributed by atoms with Crippen molar-refractivity contribution < 1.29 is 13.9 Å². The average Bonchev–Trinajstić information content (AvgIpc) is 3.28. The SMILES string of the molecule is O=C1C2=C(C(c3cccc4[nH]c(=O)oc34)=NC2)C(c2cccc(OC3CCC3)c2)N1CC1CC1. The number of carbonyl (C=O) groups excluding carboxylic acids is 1. The lowest BCUT2D eigenvalue weighted by Gasteiger charge is -2.30. The largest absolute Gasteiger partial charge is 0.490 e. The second kappa shape index (κ2) is 7.45. The molecule has 2 aliphatic carbocycles. The van der Waals surface area contributed by atoms with E-state index in [4.69, 9.17) is 14.1 Å². The summed E-state index contributed by atoms with van der Waals surface area (Å²) in [5.41, 5.74) is 5.32. The van der Waals surface area contributed by atoms with Gasteiger partial charge in [0.2, 0.25) is 0 Å². The van der Waals surface area contributed by atoms with Crippen LogP contribution in [0, 0.1) is 5.92 Å². The number of nitrogens with zero attached hydrogens (tertiary/aromatic N) is 2. The van der Waals surface area contributed by atoms with E-state index in [9.17, 15) is 9.59 Å². The highest BCUT2D eigenvalue weighted by atomic mass is 16.5. The van der Waals surface area contributed by atoms with Gasteiger partial charge in [-0.25, -0.2) is 4.79 Å². The summed E-state index contributed by atoms with van der Waals surface area (Å²) in [6.45, 7) is 1.10. The van der Waals surface area contributed by atoms with Crippen LogP contribution in [0.4, 0.5) is 0 Å². The molecular formula is C27H25N3O4. The predicted octanol–water partition coefficient (Wildman–Crippen LogP) is 4.15. The maximum absolute atomic E-state index is 13.6. The van der Waals surface area contributed by atoms with E-state index in [0.717, 1.165) is 53.1 Å². The molecule has 0 radical (unpaired) electrons. The standard InChI is InChI=1S/C27H25N3O4/c31-26-20-13-28-23(19-8-3-9-21-25(19)34-27(32)29-21)22(20)24(30(26)14-15-10-11-15)16-4-1-7-18(12-16)33-17-5-2-6-17/h1,3-4,7-9,12,15,17,24H,2,5-6,10-11,13-14H2,(H,29,32). The van der Waals surface area contributed by atoms with Crippen LogP contribution >= 0.6 is 0 Å². The summed E-state index contributed by atoms with van der Waals surface area (Å²) in [4.78, 5) is 35.0. The number of carbonyl (C=O) groups is 1. The molecule has 7 nitrogen and oxygen atoms in total. The van der Waals surface area contributed by atoms with Crippen LogP contribution in [0.2, 0.25) is 0 Å². The first-order valence-electron chi connectivity index (χ1n) is 12.1. The molecule has 2 aromatic carbocycles. The molecule has 3 heterocycles. The third-order valence-corrected chi connectivity index (χ3v) is 7.46. The Morgan fingerprint density at radius 3 is 2.74 bits per heavy atom. The van der Waals surface area contributed by atoms with E-state index in [1.807, 2.05) is 35.2 Å². The van der Waals surface area contributed by atoms with Gasteiger partial charge in [-0.1, -0.05) is 18.2 Å². The summed E-state index contributed by atoms with van der Waals surface area (Å²) < 4.78 is 11.7. The van der Waals surface area contributed by atoms with Gasteiger partial charge in [-0.3, -0.25) is 14.8 Å². The molecule has 1 amide bonds. The predicted molar refractivity (Wildman–Crippen MR) is 127 cm³/mol. The monoisotopic (exact) mass is 455 g/mol. The quantitative estimate of drug-likeness (QED) is 0.605. The van der Waals surface area contributed by atoms with Crippen LogP contribution < -0.4 is 10.5 Å². The van der Waals surface area contributed by atoms with E-state index in [2.05, 4.69) is 17.1 Å². The van der Waals surface area contributed by atoms with Crippen molar-refractivity contribution >= 4 is 22.7 Å². The Morgan fingerprint density at radius 1 is 1.09 bits per heavy atom. The molecule has 34 heavy (non-hydrogen) atoms. The van der Waals surface area contributed by atoms with Crippen molar-refractivity contribution in [1.82, 2.24) is 9.88 Å². The van der Waals surface area contributed by atoms with Crippen molar-refractivity contribution in [2.24, 2.45) is 10.9 Å². The molecule has 1 N–H and O–H groups in total. The number of aliphatic imine (C=N–C) groups is 1. The molecular weight excluding hydrogens is 430 g/mol. The maximum atomic E-state index is 13.6. The van der Waals surface area contributed by atoms with Crippen molar-refractivity contribution in [2.75, 3.05) is 13.1 Å². The Morgan fingerprint density at radius 2 is 1.94 bits per heavy atom. The van der Waals surface area contributed by atoms with Gasteiger partial charge in [0.15, 0.2) is 5.58 Å². The van der Waals surface area contributed by atoms with Gasteiger partial charge in [-0.15, -0.1) is 0 Å². The van der Waals surface area contributed by atoms with Crippen LogP contribution in [0.25, 0.3) is 11.1 Å². The lowest BCUT2D eigenvalue weighted by atomic mass is 9.91. The van der Waals surface area contributed by atoms with Gasteiger partial charge in [-0.05, 0) is 67.9 Å². The van der Waals surface area contributed by atoms with Gasteiger partial charge in [0.05, 0.1) is 29.9 Å². The topological polar surface area (TPSA) is 87.9 Å². The summed E-state index contributed by atoms with van der Waals surface area (Å²) >= 11 is 0. The number of ether oxygens (including phenoxy) is 1. The van der Waals surface area contributed by atoms with Crippen LogP contribution in [-0.2, 0) is 4.79 Å². The first-order chi connectivity index (χ1) is 16.7. The molecule has 2 fully saturated rings. The lowest BCUT2D eigenvalue weighted by molar-refractivity contribution is -0.127. The van der Waals surface area contributed by atoms with Crippen molar-refractivity contribution in [3.8, 4) is 5.75 Å². The van der Waals surface area contributed by atoms with Crippen LogP contribution in [-0.4, -0.2) is 40.7 Å². The van der Waals surface area contributed by atoms with Crippen molar-refractivity contribution in [3.63, 3.8) is 0 Å². The molecule has 4 aliphatic rings. The number of para-hydroxylation sites is 1. The van der Waals surface area contributed by atoms with Crippen LogP contribution in [0.15, 0.2) is 67.8 Å². The fourth-order valence-electron chi connectivity index (χ4n) is 5.34. The average molecular weight is 456 g/mol. The highest BCUT2D eigenvalue weighted by Gasteiger charge is 2.46. The van der Waals surface area contributed by atoms with Gasteiger partial charge < -0.3 is 14.1 Å². The first kappa shape index (κ1) is 19.8. The molecule has 1 unspecified atom stereocenters. The summed E-state index contributed by atoms with van der Waals surface area (Å²) in [7, 11) is 0. The van der Waals surface area contributed by atoms with E-state index in [1.165, 1.54) is 19.3 Å². The number of nitrogens with one attached hydrogen (secondary N) is 1. The summed E-state index contributed by atoms with van der Waals surface area (Å²) in [5, 5.41) is 0. The second-order valence-corrected chi connectivity index (χ2v) is 9.80. The number of benzene rings is 2. The molecule has 0 bridgehead atoms. The highest BCUT2D eigenvalue weighted by molar-refractivity contribution is 6.25. The number of rotatable bonds is 6. The molecule has 2 saturated carbocycles. The Bertz CT molecular complexity index is 1440. The number of hydrogen-bond donors (Lipinski definition) is 1. The molecule has 1 aromatic heterocycles. The van der Waals surface area contributed by atoms with Crippen LogP contribution in [0.3, 0.4) is 0 Å². The Hall–Kier alpha value is -3.61. The number of aromatic nitrogens is 1. The summed E-state index contributed by atoms with van der Waals surface area (Å²) in [5.74, 6) is 0.988. The fraction of sp³-hybridized carbons (Fsp3) is 0.370. The molecule has 2 aliphatic heterocycles. The first-order valence-corrected chi connectivity index (χ1v) is 12.1. The van der Waals surface area contributed by atoms with Crippen molar-refractivity contribution in [3.05, 3.63) is 75.3 Å². The number of aromatic amines is 1. The fourth-order valence-corrected chi connectivity index (χ4v) is 5.34. The molecule has 7 heteroatoms. The molecule has 172 valence electrons. The van der Waals surface area contributed by atoms with E-state index in [-0.39, 0.29) is 18.1 Å². The number of hydrogen-bond acceptors (Lipinski definition) is 5. The third-order valence-electron chi connectivity index (χ3n) is 7.46. The minimum absolute atomic E-state index is 0.0682. The van der Waals surface area contributed by atoms with Crippen molar-refractivity contribution in [1.29, 1.82) is 0 Å². The molecule has 1 atom stereocenters. The van der Waals surface area contributed by atoms with Crippen LogP contribution in [0.1, 0.15) is 49.3 Å². The minimum Gasteiger partial charge on any atom is -0.490 e. The summed E-state index contributed by atoms with van der Waals surface area (Å²) in [6.07, 6.45) is 6.03. The van der Waals surface area contributed by atoms with Crippen molar-refractivity contribution in [2.45, 2.75) is 44.2 Å². The van der Waals surface area contributed by atoms with E-state index in [1.54, 1.807) is 0 Å². The van der Waals surface area contributed by atoms with Gasteiger partial charge in [0.1, 0.15) is 5.75 Å². The van der Waals surface area contributed by atoms with Gasteiger partial charge in [-0.2, -0.15) is 0 Å². The number of amides is 1. The molecule has 3 aromatic rings. The number of oxazole rings is 1. The van der Waals surface area contributed by atoms with Gasteiger partial charge >= 0.3 is 5.76 Å². The Kier molecular flexibility index (Phi) is 4.34. The zero-order chi connectivity index (χ0) is 22.8. The number of fused-ring (bicyclic) bond motifs is 1. The minimum atomic E-state index is -0.495. The normalized spacial score (nSPS) is 22.4. The maximum Gasteiger partial charge on any atom is 0.417 e. The summed E-state index contributed by atoms with van der Waals surface area (Å²) in [6, 6.07) is 13.5. The Labute approximate surface area is 196 Å². The van der Waals surface area contributed by atoms with Gasteiger partial charge in [0.25, 0.3) is 5.91 Å². The molecule has 0 spiro atoms.